The zero-order valence-electron chi connectivity index (χ0n) is 12.0. The molecule has 0 heterocycles. The minimum atomic E-state index is 0.0303. The number of rotatable bonds is 7. The van der Waals surface area contributed by atoms with Crippen LogP contribution in [0.15, 0.2) is 54.6 Å². The van der Waals surface area contributed by atoms with E-state index in [1.54, 1.807) is 0 Å². The summed E-state index contributed by atoms with van der Waals surface area (Å²) in [4.78, 5) is 11.6. The van der Waals surface area contributed by atoms with Gasteiger partial charge in [-0.15, -0.1) is 6.42 Å². The average Bonchev–Trinajstić information content (AvgIpc) is 2.51. The molecule has 1 N–H and O–H groups in total. The Hall–Kier alpha value is -2.71. The molecule has 1 aromatic carbocycles. The molecule has 0 aromatic heterocycles. The molecule has 1 amide bonds. The molecule has 0 bridgehead atoms. The van der Waals surface area contributed by atoms with Crippen LogP contribution in [0.3, 0.4) is 0 Å². The fraction of sp³-hybridized carbons (Fsp3) is 0.211. The lowest BCUT2D eigenvalue weighted by atomic mass is 10.1. The third-order valence-electron chi connectivity index (χ3n) is 2.65. The third-order valence-corrected chi connectivity index (χ3v) is 2.65. The van der Waals surface area contributed by atoms with Crippen molar-refractivity contribution in [2.75, 3.05) is 6.54 Å². The Morgan fingerprint density at radius 3 is 2.71 bits per heavy atom. The van der Waals surface area contributed by atoms with E-state index in [-0.39, 0.29) is 5.91 Å². The maximum absolute atomic E-state index is 11.6. The third kappa shape index (κ3) is 8.92. The first kappa shape index (κ1) is 16.3. The smallest absolute Gasteiger partial charge is 0.223 e. The van der Waals surface area contributed by atoms with E-state index in [1.807, 2.05) is 42.5 Å². The van der Waals surface area contributed by atoms with Gasteiger partial charge in [0, 0.05) is 19.4 Å². The molecule has 2 heteroatoms. The predicted octanol–water partition coefficient (Wildman–Crippen LogP) is 2.87. The van der Waals surface area contributed by atoms with E-state index < -0.39 is 0 Å². The number of nitrogens with one attached hydrogen (secondary N) is 1. The SMILES string of the molecule is C#CC#CCC=CC=CCC(=O)NCCc1ccccc1. The molecule has 0 atom stereocenters. The second kappa shape index (κ2) is 11.1. The Balaban J connectivity index is 2.12. The Labute approximate surface area is 127 Å². The summed E-state index contributed by atoms with van der Waals surface area (Å²) in [5, 5.41) is 2.89. The molecule has 0 spiro atoms. The van der Waals surface area contributed by atoms with E-state index in [4.69, 9.17) is 6.42 Å². The number of carbonyl (C=O) groups is 1. The maximum Gasteiger partial charge on any atom is 0.223 e. The van der Waals surface area contributed by atoms with Crippen LogP contribution in [-0.4, -0.2) is 12.5 Å². The summed E-state index contributed by atoms with van der Waals surface area (Å²) in [6.07, 6.45) is 14.3. The standard InChI is InChI=1S/C19H19NO/c1-2-3-4-5-6-7-8-12-15-19(21)20-17-16-18-13-10-9-11-14-18/h1,6-14H,5,15-17H2,(H,20,21). The first-order chi connectivity index (χ1) is 10.3. The van der Waals surface area contributed by atoms with Crippen molar-refractivity contribution >= 4 is 5.91 Å². The molecule has 0 aliphatic rings. The summed E-state index contributed by atoms with van der Waals surface area (Å²) in [7, 11) is 0. The van der Waals surface area contributed by atoms with Gasteiger partial charge in [-0.2, -0.15) is 0 Å². The van der Waals surface area contributed by atoms with Crippen molar-refractivity contribution in [1.29, 1.82) is 0 Å². The summed E-state index contributed by atoms with van der Waals surface area (Å²) in [5.74, 6) is 7.60. The molecule has 0 aliphatic carbocycles. The molecule has 0 aliphatic heterocycles. The van der Waals surface area contributed by atoms with Crippen LogP contribution < -0.4 is 5.32 Å². The van der Waals surface area contributed by atoms with Crippen LogP contribution in [0.5, 0.6) is 0 Å². The summed E-state index contributed by atoms with van der Waals surface area (Å²) < 4.78 is 0. The van der Waals surface area contributed by atoms with Crippen molar-refractivity contribution in [3.8, 4) is 24.2 Å². The van der Waals surface area contributed by atoms with Crippen LogP contribution in [0.4, 0.5) is 0 Å². The van der Waals surface area contributed by atoms with Crippen molar-refractivity contribution < 1.29 is 4.79 Å². The van der Waals surface area contributed by atoms with Gasteiger partial charge in [0.25, 0.3) is 0 Å². The highest BCUT2D eigenvalue weighted by Crippen LogP contribution is 1.98. The van der Waals surface area contributed by atoms with E-state index in [1.165, 1.54) is 5.56 Å². The molecule has 106 valence electrons. The lowest BCUT2D eigenvalue weighted by Gasteiger charge is -2.03. The molecular weight excluding hydrogens is 258 g/mol. The van der Waals surface area contributed by atoms with Gasteiger partial charge < -0.3 is 5.32 Å². The van der Waals surface area contributed by atoms with Crippen molar-refractivity contribution in [3.05, 3.63) is 60.2 Å². The average molecular weight is 277 g/mol. The van der Waals surface area contributed by atoms with E-state index in [0.717, 1.165) is 6.42 Å². The van der Waals surface area contributed by atoms with Gasteiger partial charge in [-0.05, 0) is 23.8 Å². The van der Waals surface area contributed by atoms with Gasteiger partial charge in [-0.25, -0.2) is 0 Å². The quantitative estimate of drug-likeness (QED) is 0.602. The van der Waals surface area contributed by atoms with E-state index in [0.29, 0.717) is 19.4 Å². The summed E-state index contributed by atoms with van der Waals surface area (Å²) in [6, 6.07) is 10.1. The summed E-state index contributed by atoms with van der Waals surface area (Å²) >= 11 is 0. The molecule has 2 nitrogen and oxygen atoms in total. The zero-order valence-corrected chi connectivity index (χ0v) is 12.0. The van der Waals surface area contributed by atoms with Gasteiger partial charge in [0.1, 0.15) is 0 Å². The Morgan fingerprint density at radius 2 is 1.95 bits per heavy atom. The fourth-order valence-corrected chi connectivity index (χ4v) is 1.62. The van der Waals surface area contributed by atoms with E-state index in [9.17, 15) is 4.79 Å². The highest BCUT2D eigenvalue weighted by atomic mass is 16.1. The molecule has 0 saturated carbocycles. The topological polar surface area (TPSA) is 29.1 Å². The molecule has 0 fully saturated rings. The fourth-order valence-electron chi connectivity index (χ4n) is 1.62. The van der Waals surface area contributed by atoms with Gasteiger partial charge in [0.15, 0.2) is 0 Å². The molecular formula is C19H19NO. The zero-order chi connectivity index (χ0) is 15.2. The minimum Gasteiger partial charge on any atom is -0.356 e. The Bertz CT molecular complexity index is 579. The van der Waals surface area contributed by atoms with Crippen LogP contribution in [0.2, 0.25) is 0 Å². The molecule has 0 saturated heterocycles. The van der Waals surface area contributed by atoms with Crippen LogP contribution in [-0.2, 0) is 11.2 Å². The van der Waals surface area contributed by atoms with Gasteiger partial charge in [0.2, 0.25) is 5.91 Å². The number of hydrogen-bond donors (Lipinski definition) is 1. The van der Waals surface area contributed by atoms with Crippen LogP contribution in [0.25, 0.3) is 0 Å². The first-order valence-corrected chi connectivity index (χ1v) is 6.88. The highest BCUT2D eigenvalue weighted by Gasteiger charge is 1.97. The Kier molecular flexibility index (Phi) is 8.67. The highest BCUT2D eigenvalue weighted by molar-refractivity contribution is 5.77. The number of carbonyl (C=O) groups excluding carboxylic acids is 1. The second-order valence-electron chi connectivity index (χ2n) is 4.30. The van der Waals surface area contributed by atoms with Crippen molar-refractivity contribution in [2.24, 2.45) is 0 Å². The second-order valence-corrected chi connectivity index (χ2v) is 4.30. The van der Waals surface area contributed by atoms with Gasteiger partial charge in [-0.1, -0.05) is 60.6 Å². The molecule has 21 heavy (non-hydrogen) atoms. The number of allylic oxidation sites excluding steroid dienone is 3. The van der Waals surface area contributed by atoms with Crippen LogP contribution in [0.1, 0.15) is 18.4 Å². The molecule has 1 rings (SSSR count). The summed E-state index contributed by atoms with van der Waals surface area (Å²) in [6.45, 7) is 0.661. The normalized spacial score (nSPS) is 10.0. The van der Waals surface area contributed by atoms with Crippen molar-refractivity contribution in [1.82, 2.24) is 5.32 Å². The minimum absolute atomic E-state index is 0.0303. The molecule has 1 aromatic rings. The number of hydrogen-bond acceptors (Lipinski definition) is 1. The van der Waals surface area contributed by atoms with E-state index >= 15 is 0 Å². The lowest BCUT2D eigenvalue weighted by molar-refractivity contribution is -0.120. The van der Waals surface area contributed by atoms with E-state index in [2.05, 4.69) is 35.2 Å². The van der Waals surface area contributed by atoms with Gasteiger partial charge in [-0.3, -0.25) is 4.79 Å². The van der Waals surface area contributed by atoms with Gasteiger partial charge in [0.05, 0.1) is 0 Å². The van der Waals surface area contributed by atoms with Crippen molar-refractivity contribution in [3.63, 3.8) is 0 Å². The molecule has 0 radical (unpaired) electrons. The monoisotopic (exact) mass is 277 g/mol. The molecule has 0 unspecified atom stereocenters. The van der Waals surface area contributed by atoms with Crippen LogP contribution in [0, 0.1) is 24.2 Å². The lowest BCUT2D eigenvalue weighted by Crippen LogP contribution is -2.24. The number of terminal acetylenes is 1. The summed E-state index contributed by atoms with van der Waals surface area (Å²) in [5.41, 5.74) is 1.23. The largest absolute Gasteiger partial charge is 0.356 e. The number of benzene rings is 1. The number of amides is 1. The Morgan fingerprint density at radius 1 is 1.19 bits per heavy atom. The van der Waals surface area contributed by atoms with Gasteiger partial charge >= 0.3 is 0 Å². The van der Waals surface area contributed by atoms with Crippen LogP contribution >= 0.6 is 0 Å². The maximum atomic E-state index is 11.6. The van der Waals surface area contributed by atoms with Crippen molar-refractivity contribution in [2.45, 2.75) is 19.3 Å². The first-order valence-electron chi connectivity index (χ1n) is 6.88. The predicted molar refractivity (Wildman–Crippen MR) is 87.3 cm³/mol.